The Labute approximate surface area is 364 Å². The highest BCUT2D eigenvalue weighted by Crippen LogP contribution is 2.46. The molecule has 0 saturated heterocycles. The molecule has 3 nitrogen and oxygen atoms in total. The molecular formula is C60H39N3. The Hall–Kier alpha value is -8.40. The van der Waals surface area contributed by atoms with Gasteiger partial charge in [0.1, 0.15) is 0 Å². The van der Waals surface area contributed by atoms with Gasteiger partial charge in [0.25, 0.3) is 0 Å². The summed E-state index contributed by atoms with van der Waals surface area (Å²) in [7, 11) is 0. The monoisotopic (exact) mass is 801 g/mol. The van der Waals surface area contributed by atoms with Crippen LogP contribution in [0.5, 0.6) is 0 Å². The van der Waals surface area contributed by atoms with Crippen LogP contribution >= 0.6 is 0 Å². The van der Waals surface area contributed by atoms with Crippen LogP contribution in [-0.4, -0.2) is 13.7 Å². The first-order valence-corrected chi connectivity index (χ1v) is 21.7. The van der Waals surface area contributed by atoms with Gasteiger partial charge in [0.15, 0.2) is 0 Å². The van der Waals surface area contributed by atoms with E-state index in [1.165, 1.54) is 98.8 Å². The van der Waals surface area contributed by atoms with Crippen LogP contribution in [0.15, 0.2) is 237 Å². The summed E-state index contributed by atoms with van der Waals surface area (Å²) in [5.74, 6) is 0. The van der Waals surface area contributed by atoms with Crippen molar-refractivity contribution in [2.75, 3.05) is 0 Å². The molecule has 3 aromatic heterocycles. The van der Waals surface area contributed by atoms with Crippen LogP contribution in [0.2, 0.25) is 0 Å². The second kappa shape index (κ2) is 14.1. The highest BCUT2D eigenvalue weighted by Gasteiger charge is 2.24. The largest absolute Gasteiger partial charge is 0.309 e. The molecule has 3 heteroatoms. The molecule has 0 fully saturated rings. The Kier molecular flexibility index (Phi) is 7.91. The lowest BCUT2D eigenvalue weighted by molar-refractivity contribution is 1.17. The number of fused-ring (bicyclic) bond motifs is 10. The van der Waals surface area contributed by atoms with Crippen molar-refractivity contribution in [3.8, 4) is 50.4 Å². The fourth-order valence-corrected chi connectivity index (χ4v) is 10.2. The molecular weight excluding hydrogens is 763 g/mol. The van der Waals surface area contributed by atoms with Gasteiger partial charge >= 0.3 is 0 Å². The second-order valence-corrected chi connectivity index (χ2v) is 16.5. The first-order valence-electron chi connectivity index (χ1n) is 21.7. The van der Waals surface area contributed by atoms with Crippen molar-refractivity contribution in [3.05, 3.63) is 237 Å². The molecule has 0 aliphatic heterocycles. The molecule has 10 aromatic carbocycles. The summed E-state index contributed by atoms with van der Waals surface area (Å²) < 4.78 is 7.35. The van der Waals surface area contributed by atoms with Gasteiger partial charge in [-0.15, -0.1) is 0 Å². The molecule has 294 valence electrons. The Bertz CT molecular complexity index is 3850. The zero-order chi connectivity index (χ0) is 41.4. The van der Waals surface area contributed by atoms with E-state index in [0.717, 1.165) is 17.1 Å². The molecule has 0 atom stereocenters. The quantitative estimate of drug-likeness (QED) is 0.159. The molecule has 0 saturated carbocycles. The third kappa shape index (κ3) is 5.46. The lowest BCUT2D eigenvalue weighted by Gasteiger charge is -2.14. The molecule has 0 aliphatic rings. The van der Waals surface area contributed by atoms with E-state index >= 15 is 0 Å². The lowest BCUT2D eigenvalue weighted by atomic mass is 9.96. The summed E-state index contributed by atoms with van der Waals surface area (Å²) in [4.78, 5) is 0. The van der Waals surface area contributed by atoms with Crippen LogP contribution in [0.25, 0.3) is 116 Å². The van der Waals surface area contributed by atoms with Crippen LogP contribution < -0.4 is 0 Å². The van der Waals surface area contributed by atoms with E-state index in [1.807, 2.05) is 0 Å². The van der Waals surface area contributed by atoms with Gasteiger partial charge in [0.2, 0.25) is 0 Å². The predicted molar refractivity (Wildman–Crippen MR) is 266 cm³/mol. The van der Waals surface area contributed by atoms with Gasteiger partial charge in [0.05, 0.1) is 33.1 Å². The predicted octanol–water partition coefficient (Wildman–Crippen LogP) is 16.0. The smallest absolute Gasteiger partial charge is 0.0641 e. The Morgan fingerprint density at radius 1 is 0.222 bits per heavy atom. The molecule has 0 N–H and O–H groups in total. The third-order valence-corrected chi connectivity index (χ3v) is 13.0. The topological polar surface area (TPSA) is 14.8 Å². The zero-order valence-corrected chi connectivity index (χ0v) is 34.4. The van der Waals surface area contributed by atoms with E-state index in [4.69, 9.17) is 0 Å². The van der Waals surface area contributed by atoms with E-state index in [-0.39, 0.29) is 0 Å². The molecule has 0 unspecified atom stereocenters. The molecule has 0 radical (unpaired) electrons. The van der Waals surface area contributed by atoms with Crippen molar-refractivity contribution in [1.29, 1.82) is 0 Å². The standard InChI is InChI=1S/C60H39N3/c1-4-16-40(17-5-1)41-32-35-47(36-33-41)61-54-25-13-10-22-48(54)50-37-34-44(38-57(50)61)42-28-30-43(31-29-42)52-39-53-49-23-11-14-26-55(49)62(45-18-6-2-7-19-45)60(53)58-51-24-12-15-27-56(51)63(59(52)58)46-20-8-3-9-21-46/h1-39H. The minimum atomic E-state index is 1.14. The Balaban J connectivity index is 1.02. The Morgan fingerprint density at radius 3 is 1.29 bits per heavy atom. The molecule has 0 spiro atoms. The van der Waals surface area contributed by atoms with Crippen molar-refractivity contribution in [2.45, 2.75) is 0 Å². The van der Waals surface area contributed by atoms with Crippen molar-refractivity contribution in [3.63, 3.8) is 0 Å². The summed E-state index contributed by atoms with van der Waals surface area (Å²) in [6.45, 7) is 0. The summed E-state index contributed by atoms with van der Waals surface area (Å²) in [5.41, 5.74) is 17.8. The Morgan fingerprint density at radius 2 is 0.635 bits per heavy atom. The van der Waals surface area contributed by atoms with Gasteiger partial charge in [-0.2, -0.15) is 0 Å². The average Bonchev–Trinajstić information content (AvgIpc) is 4.00. The minimum Gasteiger partial charge on any atom is -0.309 e. The van der Waals surface area contributed by atoms with Gasteiger partial charge in [-0.25, -0.2) is 0 Å². The number of nitrogens with zero attached hydrogens (tertiary/aromatic N) is 3. The first kappa shape index (κ1) is 35.4. The number of rotatable bonds is 6. The summed E-state index contributed by atoms with van der Waals surface area (Å²) in [6.07, 6.45) is 0. The van der Waals surface area contributed by atoms with E-state index in [0.29, 0.717) is 0 Å². The fourth-order valence-electron chi connectivity index (χ4n) is 10.2. The number of hydrogen-bond donors (Lipinski definition) is 0. The highest BCUT2D eigenvalue weighted by atomic mass is 15.0. The number of benzene rings is 10. The van der Waals surface area contributed by atoms with Crippen LogP contribution in [0.3, 0.4) is 0 Å². The normalized spacial score (nSPS) is 11.8. The minimum absolute atomic E-state index is 1.14. The van der Waals surface area contributed by atoms with Crippen LogP contribution in [0, 0.1) is 0 Å². The van der Waals surface area contributed by atoms with Gasteiger partial charge in [-0.3, -0.25) is 0 Å². The summed E-state index contributed by atoms with van der Waals surface area (Å²) in [5, 5.41) is 7.47. The van der Waals surface area contributed by atoms with E-state index in [2.05, 4.69) is 250 Å². The maximum Gasteiger partial charge on any atom is 0.0641 e. The van der Waals surface area contributed by atoms with Gasteiger partial charge in [-0.05, 0) is 94.5 Å². The number of para-hydroxylation sites is 5. The summed E-state index contributed by atoms with van der Waals surface area (Å²) >= 11 is 0. The van der Waals surface area contributed by atoms with Gasteiger partial charge < -0.3 is 13.7 Å². The SMILES string of the molecule is c1ccc(-c2ccc(-n3c4ccccc4c4ccc(-c5ccc(-c6cc7c8ccccc8n(-c8ccccc8)c7c7c8ccccc8n(-c8ccccc8)c67)cc5)cc43)cc2)cc1. The van der Waals surface area contributed by atoms with E-state index in [9.17, 15) is 0 Å². The summed E-state index contributed by atoms with van der Waals surface area (Å²) in [6, 6.07) is 86.4. The van der Waals surface area contributed by atoms with Crippen LogP contribution in [0.1, 0.15) is 0 Å². The third-order valence-electron chi connectivity index (χ3n) is 13.0. The molecule has 0 bridgehead atoms. The zero-order valence-electron chi connectivity index (χ0n) is 34.4. The van der Waals surface area contributed by atoms with Crippen molar-refractivity contribution < 1.29 is 0 Å². The van der Waals surface area contributed by atoms with Crippen molar-refractivity contribution in [1.82, 2.24) is 13.7 Å². The molecule has 13 rings (SSSR count). The van der Waals surface area contributed by atoms with E-state index in [1.54, 1.807) is 0 Å². The number of hydrogen-bond acceptors (Lipinski definition) is 0. The van der Waals surface area contributed by atoms with Crippen LogP contribution in [-0.2, 0) is 0 Å². The van der Waals surface area contributed by atoms with E-state index < -0.39 is 0 Å². The average molecular weight is 802 g/mol. The lowest BCUT2D eigenvalue weighted by Crippen LogP contribution is -1.97. The van der Waals surface area contributed by atoms with Gasteiger partial charge in [-0.1, -0.05) is 170 Å². The maximum atomic E-state index is 2.47. The highest BCUT2D eigenvalue weighted by molar-refractivity contribution is 6.29. The fraction of sp³-hybridized carbons (Fsp3) is 0. The molecule has 63 heavy (non-hydrogen) atoms. The first-order chi connectivity index (χ1) is 31.3. The second-order valence-electron chi connectivity index (χ2n) is 16.5. The maximum absolute atomic E-state index is 2.47. The molecule has 0 amide bonds. The van der Waals surface area contributed by atoms with Crippen LogP contribution in [0.4, 0.5) is 0 Å². The van der Waals surface area contributed by atoms with Crippen molar-refractivity contribution >= 4 is 65.4 Å². The van der Waals surface area contributed by atoms with Gasteiger partial charge in [0, 0.05) is 54.9 Å². The molecule has 3 heterocycles. The molecule has 13 aromatic rings. The number of aromatic nitrogens is 3. The van der Waals surface area contributed by atoms with Crippen molar-refractivity contribution in [2.24, 2.45) is 0 Å². The molecule has 0 aliphatic carbocycles.